The van der Waals surface area contributed by atoms with E-state index >= 15 is 0 Å². The van der Waals surface area contributed by atoms with Crippen molar-refractivity contribution < 1.29 is 33.7 Å². The Kier molecular flexibility index (Phi) is 4.68. The molecule has 25 heavy (non-hydrogen) atoms. The second kappa shape index (κ2) is 6.50. The van der Waals surface area contributed by atoms with Gasteiger partial charge in [0.1, 0.15) is 12.2 Å². The summed E-state index contributed by atoms with van der Waals surface area (Å²) in [5.74, 6) is -0.0979. The Hall–Kier alpha value is -1.79. The minimum absolute atomic E-state index is 0.0979. The number of ether oxygens (including phenoxy) is 3. The molecular weight excluding hydrogens is 359 g/mol. The summed E-state index contributed by atoms with van der Waals surface area (Å²) in [6, 6.07) is 1.49. The Labute approximate surface area is 140 Å². The normalized spacial score (nSPS) is 27.2. The Morgan fingerprint density at radius 2 is 2.24 bits per heavy atom. The zero-order valence-electron chi connectivity index (χ0n) is 13.0. The van der Waals surface area contributed by atoms with Crippen LogP contribution < -0.4 is 11.3 Å². The van der Waals surface area contributed by atoms with E-state index in [1.807, 2.05) is 0 Å². The van der Waals surface area contributed by atoms with Gasteiger partial charge in [0, 0.05) is 13.3 Å². The number of hydrogen-bond donors (Lipinski definition) is 5. The van der Waals surface area contributed by atoms with Gasteiger partial charge in [0.2, 0.25) is 5.95 Å². The van der Waals surface area contributed by atoms with Crippen molar-refractivity contribution in [1.82, 2.24) is 14.5 Å². The third-order valence-corrected chi connectivity index (χ3v) is 4.21. The number of rotatable bonds is 5. The average molecular weight is 376 g/mol. The van der Waals surface area contributed by atoms with E-state index in [2.05, 4.69) is 9.97 Å². The molecule has 138 valence electrons. The summed E-state index contributed by atoms with van der Waals surface area (Å²) >= 11 is 0. The van der Waals surface area contributed by atoms with Crippen molar-refractivity contribution in [3.8, 4) is 0 Å². The number of aliphatic hydroxyl groups excluding tert-OH is 1. The van der Waals surface area contributed by atoms with Crippen LogP contribution in [0.3, 0.4) is 0 Å². The maximum Gasteiger partial charge on any atom is 0.351 e. The molecule has 0 radical (unpaired) electrons. The van der Waals surface area contributed by atoms with Crippen molar-refractivity contribution in [2.45, 2.75) is 24.7 Å². The minimum atomic E-state index is -4.44. The number of aromatic amines is 1. The molecule has 2 aromatic heterocycles. The lowest BCUT2D eigenvalue weighted by Gasteiger charge is -2.20. The molecule has 1 saturated heterocycles. The van der Waals surface area contributed by atoms with Crippen LogP contribution in [-0.4, -0.2) is 61.4 Å². The highest BCUT2D eigenvalue weighted by atomic mass is 31.2. The van der Waals surface area contributed by atoms with Gasteiger partial charge >= 0.3 is 7.60 Å². The van der Waals surface area contributed by atoms with Crippen molar-refractivity contribution in [2.75, 3.05) is 19.2 Å². The predicted octanol–water partition coefficient (Wildman–Crippen LogP) is -1.31. The first-order chi connectivity index (χ1) is 11.7. The fraction of sp³-hybridized carbons (Fsp3) is 0.500. The zero-order chi connectivity index (χ0) is 18.4. The Morgan fingerprint density at radius 1 is 1.52 bits per heavy atom. The van der Waals surface area contributed by atoms with Crippen LogP contribution in [0.1, 0.15) is 6.23 Å². The summed E-state index contributed by atoms with van der Waals surface area (Å²) in [6.45, 7) is 0. The maximum absolute atomic E-state index is 11.9. The standard InChI is InChI=1S/C12H17N4O8P/c1-22-7-6(17)11(23-4-25(19,20)21)24-10(7)16-3-2-5-8(16)14-12(13)15-9(5)18/h2-3,6-7,10-11,17H,4H2,1H3,(H2,19,20,21)(H3,13,14,15,18)/t6?,7-,10+,11-/m0/s1. The number of anilines is 1. The van der Waals surface area contributed by atoms with Crippen LogP contribution in [0.25, 0.3) is 11.0 Å². The van der Waals surface area contributed by atoms with E-state index in [1.165, 1.54) is 23.9 Å². The highest BCUT2D eigenvalue weighted by molar-refractivity contribution is 7.51. The molecule has 1 unspecified atom stereocenters. The number of nitrogens with zero attached hydrogens (tertiary/aromatic N) is 2. The zero-order valence-corrected chi connectivity index (χ0v) is 13.9. The van der Waals surface area contributed by atoms with Crippen LogP contribution in [-0.2, 0) is 18.8 Å². The molecule has 0 aliphatic carbocycles. The Balaban J connectivity index is 1.94. The maximum atomic E-state index is 11.9. The van der Waals surface area contributed by atoms with Gasteiger partial charge in [0.25, 0.3) is 5.56 Å². The summed E-state index contributed by atoms with van der Waals surface area (Å²) < 4.78 is 28.1. The van der Waals surface area contributed by atoms with Crippen LogP contribution in [0.5, 0.6) is 0 Å². The predicted molar refractivity (Wildman–Crippen MR) is 83.5 cm³/mol. The first-order valence-electron chi connectivity index (χ1n) is 7.10. The van der Waals surface area contributed by atoms with E-state index < -0.39 is 44.2 Å². The molecule has 1 fully saturated rings. The number of fused-ring (bicyclic) bond motifs is 1. The van der Waals surface area contributed by atoms with Crippen LogP contribution in [0.2, 0.25) is 0 Å². The van der Waals surface area contributed by atoms with E-state index in [1.54, 1.807) is 0 Å². The van der Waals surface area contributed by atoms with E-state index in [4.69, 9.17) is 29.7 Å². The first kappa shape index (κ1) is 18.0. The fourth-order valence-electron chi connectivity index (χ4n) is 2.67. The van der Waals surface area contributed by atoms with Crippen molar-refractivity contribution in [2.24, 2.45) is 0 Å². The van der Waals surface area contributed by atoms with Gasteiger partial charge < -0.3 is 39.4 Å². The van der Waals surface area contributed by atoms with Gasteiger partial charge in [0.15, 0.2) is 24.5 Å². The van der Waals surface area contributed by atoms with E-state index in [-0.39, 0.29) is 17.0 Å². The molecule has 6 N–H and O–H groups in total. The molecule has 13 heteroatoms. The third-order valence-electron chi connectivity index (χ3n) is 3.72. The summed E-state index contributed by atoms with van der Waals surface area (Å²) in [4.78, 5) is 36.1. The number of aromatic nitrogens is 3. The topological polar surface area (TPSA) is 182 Å². The molecule has 1 aliphatic rings. The number of aliphatic hydroxyl groups is 1. The van der Waals surface area contributed by atoms with Crippen molar-refractivity contribution in [1.29, 1.82) is 0 Å². The van der Waals surface area contributed by atoms with Crippen LogP contribution >= 0.6 is 7.60 Å². The third kappa shape index (κ3) is 3.46. The first-order valence-corrected chi connectivity index (χ1v) is 8.90. The molecule has 0 spiro atoms. The summed E-state index contributed by atoms with van der Waals surface area (Å²) in [5.41, 5.74) is 5.32. The van der Waals surface area contributed by atoms with Gasteiger partial charge in [-0.15, -0.1) is 0 Å². The number of methoxy groups -OCH3 is 1. The van der Waals surface area contributed by atoms with Crippen LogP contribution in [0.4, 0.5) is 5.95 Å². The quantitative estimate of drug-likeness (QED) is 0.393. The fourth-order valence-corrected chi connectivity index (χ4v) is 3.01. The van der Waals surface area contributed by atoms with Crippen molar-refractivity contribution in [3.05, 3.63) is 22.6 Å². The average Bonchev–Trinajstić information content (AvgIpc) is 3.05. The largest absolute Gasteiger partial charge is 0.385 e. The van der Waals surface area contributed by atoms with Crippen LogP contribution in [0.15, 0.2) is 17.1 Å². The molecule has 3 heterocycles. The highest BCUT2D eigenvalue weighted by Gasteiger charge is 2.46. The van der Waals surface area contributed by atoms with Crippen molar-refractivity contribution in [3.63, 3.8) is 0 Å². The Morgan fingerprint density at radius 3 is 2.88 bits per heavy atom. The van der Waals surface area contributed by atoms with E-state index in [0.717, 1.165) is 0 Å². The molecule has 1 aliphatic heterocycles. The lowest BCUT2D eigenvalue weighted by molar-refractivity contribution is -0.167. The second-order valence-electron chi connectivity index (χ2n) is 5.46. The molecule has 12 nitrogen and oxygen atoms in total. The molecule has 0 aromatic carbocycles. The molecule has 0 amide bonds. The van der Waals surface area contributed by atoms with E-state index in [0.29, 0.717) is 0 Å². The lowest BCUT2D eigenvalue weighted by Crippen LogP contribution is -2.34. The molecule has 0 saturated carbocycles. The second-order valence-corrected chi connectivity index (χ2v) is 7.05. The smallest absolute Gasteiger partial charge is 0.351 e. The Bertz CT molecular complexity index is 876. The lowest BCUT2D eigenvalue weighted by atomic mass is 10.2. The van der Waals surface area contributed by atoms with Gasteiger partial charge in [-0.2, -0.15) is 4.98 Å². The monoisotopic (exact) mass is 376 g/mol. The van der Waals surface area contributed by atoms with Gasteiger partial charge in [-0.05, 0) is 6.07 Å². The molecule has 4 atom stereocenters. The number of nitrogens with two attached hydrogens (primary N) is 1. The SMILES string of the molecule is CO[C@H]1C(O)[C@@H](OCP(=O)(O)O)O[C@H]1n1ccc2c(=O)[nH]c(N)nc21. The number of hydrogen-bond acceptors (Lipinski definition) is 8. The minimum Gasteiger partial charge on any atom is -0.385 e. The van der Waals surface area contributed by atoms with Crippen molar-refractivity contribution >= 4 is 24.6 Å². The highest BCUT2D eigenvalue weighted by Crippen LogP contribution is 2.38. The molecule has 2 aromatic rings. The molecular formula is C12H17N4O8P. The van der Waals surface area contributed by atoms with Crippen LogP contribution in [0, 0.1) is 0 Å². The van der Waals surface area contributed by atoms with Gasteiger partial charge in [0.05, 0.1) is 5.39 Å². The number of nitrogens with one attached hydrogen (secondary N) is 1. The van der Waals surface area contributed by atoms with Gasteiger partial charge in [-0.25, -0.2) is 0 Å². The number of H-pyrrole nitrogens is 1. The van der Waals surface area contributed by atoms with Gasteiger partial charge in [-0.1, -0.05) is 0 Å². The molecule has 3 rings (SSSR count). The van der Waals surface area contributed by atoms with Gasteiger partial charge in [-0.3, -0.25) is 14.3 Å². The van der Waals surface area contributed by atoms with E-state index in [9.17, 15) is 14.5 Å². The molecule has 0 bridgehead atoms. The summed E-state index contributed by atoms with van der Waals surface area (Å²) in [5, 5.41) is 10.5. The number of nitrogen functional groups attached to an aromatic ring is 1. The summed E-state index contributed by atoms with van der Waals surface area (Å²) in [6.07, 6.45) is -3.96. The summed E-state index contributed by atoms with van der Waals surface area (Å²) in [7, 11) is -3.11.